The zero-order valence-corrected chi connectivity index (χ0v) is 10.3. The summed E-state index contributed by atoms with van der Waals surface area (Å²) in [5, 5.41) is 0. The highest BCUT2D eigenvalue weighted by Crippen LogP contribution is 2.24. The molecule has 2 rings (SSSR count). The van der Waals surface area contributed by atoms with Gasteiger partial charge in [-0.15, -0.1) is 0 Å². The summed E-state index contributed by atoms with van der Waals surface area (Å²) in [6, 6.07) is 9.07. The number of methoxy groups -OCH3 is 1. The number of esters is 1. The molecule has 0 aliphatic rings. The quantitative estimate of drug-likeness (QED) is 0.777. The Labute approximate surface area is 105 Å². The Kier molecular flexibility index (Phi) is 3.67. The van der Waals surface area contributed by atoms with Crippen LogP contribution in [0.25, 0.3) is 11.3 Å². The van der Waals surface area contributed by atoms with Crippen molar-refractivity contribution in [1.82, 2.24) is 0 Å². The van der Waals surface area contributed by atoms with Crippen LogP contribution in [0.15, 0.2) is 41.0 Å². The SMILES string of the molecule is CCOC(=O)c1coc(-c2ccc(OC)cc2)c1. The highest BCUT2D eigenvalue weighted by atomic mass is 16.5. The first-order valence-electron chi connectivity index (χ1n) is 5.64. The third-order valence-corrected chi connectivity index (χ3v) is 2.49. The first kappa shape index (κ1) is 12.2. The second-order valence-corrected chi connectivity index (χ2v) is 3.65. The van der Waals surface area contributed by atoms with Crippen LogP contribution in [0.4, 0.5) is 0 Å². The number of benzene rings is 1. The molecule has 0 unspecified atom stereocenters. The van der Waals surface area contributed by atoms with Crippen LogP contribution in [-0.2, 0) is 4.74 Å². The van der Waals surface area contributed by atoms with E-state index < -0.39 is 0 Å². The predicted octanol–water partition coefficient (Wildman–Crippen LogP) is 3.13. The van der Waals surface area contributed by atoms with E-state index in [1.54, 1.807) is 20.1 Å². The van der Waals surface area contributed by atoms with Crippen LogP contribution >= 0.6 is 0 Å². The smallest absolute Gasteiger partial charge is 0.341 e. The summed E-state index contributed by atoms with van der Waals surface area (Å²) in [5.41, 5.74) is 1.30. The molecule has 4 heteroatoms. The molecule has 0 atom stereocenters. The lowest BCUT2D eigenvalue weighted by molar-refractivity contribution is 0.0525. The number of carbonyl (C=O) groups is 1. The van der Waals surface area contributed by atoms with Crippen LogP contribution in [-0.4, -0.2) is 19.7 Å². The molecule has 1 heterocycles. The minimum absolute atomic E-state index is 0.349. The number of hydrogen-bond donors (Lipinski definition) is 0. The molecule has 0 amide bonds. The van der Waals surface area contributed by atoms with Crippen molar-refractivity contribution in [2.45, 2.75) is 6.92 Å². The molecular formula is C14H14O4. The number of rotatable bonds is 4. The lowest BCUT2D eigenvalue weighted by atomic mass is 10.1. The Morgan fingerprint density at radius 1 is 1.28 bits per heavy atom. The van der Waals surface area contributed by atoms with Gasteiger partial charge in [0, 0.05) is 5.56 Å². The summed E-state index contributed by atoms with van der Waals surface area (Å²) < 4.78 is 15.3. The molecule has 18 heavy (non-hydrogen) atoms. The number of hydrogen-bond acceptors (Lipinski definition) is 4. The Hall–Kier alpha value is -2.23. The highest BCUT2D eigenvalue weighted by Gasteiger charge is 2.12. The van der Waals surface area contributed by atoms with E-state index in [9.17, 15) is 4.79 Å². The van der Waals surface area contributed by atoms with Crippen molar-refractivity contribution in [3.05, 3.63) is 42.2 Å². The van der Waals surface area contributed by atoms with Crippen LogP contribution in [0.3, 0.4) is 0 Å². The van der Waals surface area contributed by atoms with Gasteiger partial charge in [0.2, 0.25) is 0 Å². The fourth-order valence-corrected chi connectivity index (χ4v) is 1.56. The molecule has 0 saturated heterocycles. The molecule has 1 aromatic carbocycles. The van der Waals surface area contributed by atoms with Crippen LogP contribution < -0.4 is 4.74 Å². The zero-order chi connectivity index (χ0) is 13.0. The van der Waals surface area contributed by atoms with E-state index in [2.05, 4.69) is 0 Å². The lowest BCUT2D eigenvalue weighted by Gasteiger charge is -2.00. The summed E-state index contributed by atoms with van der Waals surface area (Å²) in [4.78, 5) is 11.5. The Morgan fingerprint density at radius 3 is 2.61 bits per heavy atom. The minimum Gasteiger partial charge on any atom is -0.497 e. The highest BCUT2D eigenvalue weighted by molar-refractivity contribution is 5.90. The van der Waals surface area contributed by atoms with Gasteiger partial charge in [0.05, 0.1) is 19.3 Å². The maximum Gasteiger partial charge on any atom is 0.341 e. The third kappa shape index (κ3) is 2.53. The van der Waals surface area contributed by atoms with E-state index in [0.717, 1.165) is 11.3 Å². The second-order valence-electron chi connectivity index (χ2n) is 3.65. The molecule has 0 aliphatic heterocycles. The molecule has 0 N–H and O–H groups in total. The van der Waals surface area contributed by atoms with Crippen LogP contribution in [0, 0.1) is 0 Å². The molecule has 4 nitrogen and oxygen atoms in total. The molecule has 94 valence electrons. The lowest BCUT2D eigenvalue weighted by Crippen LogP contribution is -2.02. The van der Waals surface area contributed by atoms with E-state index in [0.29, 0.717) is 17.9 Å². The molecule has 0 radical (unpaired) electrons. The molecule has 1 aromatic heterocycles. The third-order valence-electron chi connectivity index (χ3n) is 2.49. The van der Waals surface area contributed by atoms with E-state index in [1.807, 2.05) is 24.3 Å². The summed E-state index contributed by atoms with van der Waals surface area (Å²) in [6.07, 6.45) is 1.40. The van der Waals surface area contributed by atoms with E-state index in [4.69, 9.17) is 13.9 Å². The van der Waals surface area contributed by atoms with E-state index in [-0.39, 0.29) is 5.97 Å². The molecular weight excluding hydrogens is 232 g/mol. The van der Waals surface area contributed by atoms with E-state index >= 15 is 0 Å². The number of ether oxygens (including phenoxy) is 2. The van der Waals surface area contributed by atoms with Crippen molar-refractivity contribution in [3.63, 3.8) is 0 Å². The fourth-order valence-electron chi connectivity index (χ4n) is 1.56. The molecule has 0 bridgehead atoms. The summed E-state index contributed by atoms with van der Waals surface area (Å²) in [7, 11) is 1.61. The normalized spacial score (nSPS) is 10.1. The molecule has 0 aliphatic carbocycles. The zero-order valence-electron chi connectivity index (χ0n) is 10.3. The van der Waals surface area contributed by atoms with Crippen LogP contribution in [0.5, 0.6) is 5.75 Å². The maximum atomic E-state index is 11.5. The number of carbonyl (C=O) groups excluding carboxylic acids is 1. The van der Waals surface area contributed by atoms with Crippen LogP contribution in [0.2, 0.25) is 0 Å². The van der Waals surface area contributed by atoms with Gasteiger partial charge in [0.15, 0.2) is 0 Å². The van der Waals surface area contributed by atoms with Gasteiger partial charge in [-0.1, -0.05) is 0 Å². The second kappa shape index (κ2) is 5.40. The van der Waals surface area contributed by atoms with Crippen LogP contribution in [0.1, 0.15) is 17.3 Å². The van der Waals surface area contributed by atoms with Gasteiger partial charge in [-0.3, -0.25) is 0 Å². The molecule has 0 spiro atoms. The van der Waals surface area contributed by atoms with Gasteiger partial charge in [-0.25, -0.2) is 4.79 Å². The minimum atomic E-state index is -0.374. The summed E-state index contributed by atoms with van der Waals surface area (Å²) >= 11 is 0. The van der Waals surface area contributed by atoms with Gasteiger partial charge in [0.1, 0.15) is 17.8 Å². The topological polar surface area (TPSA) is 48.7 Å². The summed E-state index contributed by atoms with van der Waals surface area (Å²) in [6.45, 7) is 2.12. The first-order valence-corrected chi connectivity index (χ1v) is 5.64. The molecule has 0 fully saturated rings. The van der Waals surface area contributed by atoms with Gasteiger partial charge in [-0.2, -0.15) is 0 Å². The average molecular weight is 246 g/mol. The van der Waals surface area contributed by atoms with Crippen molar-refractivity contribution in [2.24, 2.45) is 0 Å². The van der Waals surface area contributed by atoms with Crippen molar-refractivity contribution in [2.75, 3.05) is 13.7 Å². The van der Waals surface area contributed by atoms with E-state index in [1.165, 1.54) is 6.26 Å². The van der Waals surface area contributed by atoms with Gasteiger partial charge >= 0.3 is 5.97 Å². The first-order chi connectivity index (χ1) is 8.74. The maximum absolute atomic E-state index is 11.5. The van der Waals surface area contributed by atoms with Crippen molar-refractivity contribution >= 4 is 5.97 Å². The largest absolute Gasteiger partial charge is 0.497 e. The van der Waals surface area contributed by atoms with Gasteiger partial charge in [-0.05, 0) is 37.3 Å². The summed E-state index contributed by atoms with van der Waals surface area (Å²) in [5.74, 6) is 1.03. The number of furan rings is 1. The molecule has 2 aromatic rings. The Morgan fingerprint density at radius 2 is 2.00 bits per heavy atom. The standard InChI is InChI=1S/C14H14O4/c1-3-17-14(15)11-8-13(18-9-11)10-4-6-12(16-2)7-5-10/h4-9H,3H2,1-2H3. The van der Waals surface area contributed by atoms with Crippen molar-refractivity contribution in [3.8, 4) is 17.1 Å². The fraction of sp³-hybridized carbons (Fsp3) is 0.214. The monoisotopic (exact) mass is 246 g/mol. The Balaban J connectivity index is 2.20. The van der Waals surface area contributed by atoms with Gasteiger partial charge < -0.3 is 13.9 Å². The van der Waals surface area contributed by atoms with Crippen molar-refractivity contribution in [1.29, 1.82) is 0 Å². The van der Waals surface area contributed by atoms with Crippen molar-refractivity contribution < 1.29 is 18.7 Å². The molecule has 0 saturated carbocycles. The Bertz CT molecular complexity index is 525. The average Bonchev–Trinajstić information content (AvgIpc) is 2.89. The predicted molar refractivity (Wildman–Crippen MR) is 66.7 cm³/mol. The van der Waals surface area contributed by atoms with Gasteiger partial charge in [0.25, 0.3) is 0 Å².